The average Bonchev–Trinajstić information content (AvgIpc) is 2.49. The maximum Gasteiger partial charge on any atom is 0.253 e. The van der Waals surface area contributed by atoms with Crippen LogP contribution < -0.4 is 10.9 Å². The molecule has 0 saturated carbocycles. The molecule has 1 unspecified atom stereocenters. The Morgan fingerprint density at radius 3 is 2.55 bits per heavy atom. The molecular weight excluding hydrogens is 250 g/mol. The Morgan fingerprint density at radius 1 is 1.20 bits per heavy atom. The van der Waals surface area contributed by atoms with Crippen LogP contribution in [0.25, 0.3) is 0 Å². The predicted octanol–water partition coefficient (Wildman–Crippen LogP) is 2.16. The van der Waals surface area contributed by atoms with Gasteiger partial charge in [0, 0.05) is 18.8 Å². The number of nitrogens with zero attached hydrogens (tertiary/aromatic N) is 2. The number of hydrogen-bond acceptors (Lipinski definition) is 3. The molecule has 1 aromatic carbocycles. The Balaban J connectivity index is 2.22. The zero-order valence-electron chi connectivity index (χ0n) is 12.0. The van der Waals surface area contributed by atoms with Crippen molar-refractivity contribution in [3.8, 4) is 0 Å². The molecule has 1 heterocycles. The van der Waals surface area contributed by atoms with Gasteiger partial charge >= 0.3 is 0 Å². The van der Waals surface area contributed by atoms with Gasteiger partial charge in [-0.15, -0.1) is 0 Å². The number of hydrogen-bond donors (Lipinski definition) is 1. The lowest BCUT2D eigenvalue weighted by atomic mass is 10.0. The highest BCUT2D eigenvalue weighted by Gasteiger charge is 2.11. The zero-order chi connectivity index (χ0) is 14.4. The number of likely N-dealkylation sites (N-methyl/N-ethyl adjacent to an activating group) is 1. The Labute approximate surface area is 119 Å². The minimum atomic E-state index is -0.0203. The molecule has 4 nitrogen and oxygen atoms in total. The molecule has 0 aliphatic carbocycles. The number of nitrogens with one attached hydrogen (secondary N) is 1. The van der Waals surface area contributed by atoms with Crippen molar-refractivity contribution >= 4 is 0 Å². The summed E-state index contributed by atoms with van der Waals surface area (Å²) in [4.78, 5) is 15.8. The van der Waals surface area contributed by atoms with Crippen molar-refractivity contribution in [1.29, 1.82) is 0 Å². The van der Waals surface area contributed by atoms with E-state index in [1.165, 1.54) is 23.4 Å². The summed E-state index contributed by atoms with van der Waals surface area (Å²) in [6, 6.07) is 10.2. The van der Waals surface area contributed by atoms with Crippen LogP contribution in [0.1, 0.15) is 31.0 Å². The first kappa shape index (κ1) is 14.5. The first-order valence-electron chi connectivity index (χ1n) is 7.07. The maximum absolute atomic E-state index is 11.8. The molecule has 0 amide bonds. The summed E-state index contributed by atoms with van der Waals surface area (Å²) in [5, 5.41) is 3.42. The number of benzene rings is 1. The average molecular weight is 271 g/mol. The molecule has 0 aliphatic heterocycles. The molecule has 2 aromatic rings. The first-order valence-corrected chi connectivity index (χ1v) is 7.07. The smallest absolute Gasteiger partial charge is 0.253 e. The van der Waals surface area contributed by atoms with Crippen molar-refractivity contribution in [3.05, 3.63) is 64.3 Å². The normalized spacial score (nSPS) is 12.3. The standard InChI is InChI=1S/C16H21N3O/c1-3-13-5-7-14(8-6-13)15(18-4-2)11-19-12-17-10-9-16(19)20/h5-10,12,15,18H,3-4,11H2,1-2H3. The van der Waals surface area contributed by atoms with Crippen LogP contribution in [0.3, 0.4) is 0 Å². The summed E-state index contributed by atoms with van der Waals surface area (Å²) < 4.78 is 1.64. The molecule has 0 saturated heterocycles. The van der Waals surface area contributed by atoms with E-state index >= 15 is 0 Å². The van der Waals surface area contributed by atoms with Crippen LogP contribution in [-0.4, -0.2) is 16.1 Å². The molecule has 1 N–H and O–H groups in total. The molecule has 0 fully saturated rings. The molecule has 1 atom stereocenters. The SMILES string of the molecule is CCNC(Cn1cnccc1=O)c1ccc(CC)cc1. The molecule has 1 aromatic heterocycles. The molecule has 0 aliphatic rings. The Bertz CT molecular complexity index is 589. The van der Waals surface area contributed by atoms with Gasteiger partial charge in [0.2, 0.25) is 0 Å². The molecule has 0 bridgehead atoms. The summed E-state index contributed by atoms with van der Waals surface area (Å²) in [6.07, 6.45) is 4.15. The molecule has 106 valence electrons. The summed E-state index contributed by atoms with van der Waals surface area (Å²) in [5.74, 6) is 0. The number of rotatable bonds is 6. The van der Waals surface area contributed by atoms with E-state index in [2.05, 4.69) is 48.4 Å². The van der Waals surface area contributed by atoms with Gasteiger partial charge in [-0.2, -0.15) is 0 Å². The topological polar surface area (TPSA) is 46.9 Å². The largest absolute Gasteiger partial charge is 0.309 e. The van der Waals surface area contributed by atoms with Crippen LogP contribution in [0.4, 0.5) is 0 Å². The van der Waals surface area contributed by atoms with Gasteiger partial charge in [-0.1, -0.05) is 38.1 Å². The van der Waals surface area contributed by atoms with Crippen LogP contribution in [-0.2, 0) is 13.0 Å². The van der Waals surface area contributed by atoms with E-state index in [-0.39, 0.29) is 11.6 Å². The van der Waals surface area contributed by atoms with Crippen molar-refractivity contribution in [2.75, 3.05) is 6.54 Å². The highest BCUT2D eigenvalue weighted by molar-refractivity contribution is 5.25. The van der Waals surface area contributed by atoms with E-state index in [0.29, 0.717) is 6.54 Å². The van der Waals surface area contributed by atoms with Crippen molar-refractivity contribution in [2.45, 2.75) is 32.9 Å². The van der Waals surface area contributed by atoms with E-state index < -0.39 is 0 Å². The van der Waals surface area contributed by atoms with Gasteiger partial charge in [-0.3, -0.25) is 9.36 Å². The van der Waals surface area contributed by atoms with Crippen LogP contribution >= 0.6 is 0 Å². The van der Waals surface area contributed by atoms with Crippen molar-refractivity contribution in [3.63, 3.8) is 0 Å². The van der Waals surface area contributed by atoms with Crippen LogP contribution in [0.15, 0.2) is 47.7 Å². The first-order chi connectivity index (χ1) is 9.74. The third-order valence-electron chi connectivity index (χ3n) is 3.41. The minimum absolute atomic E-state index is 0.0203. The fourth-order valence-electron chi connectivity index (χ4n) is 2.23. The molecule has 20 heavy (non-hydrogen) atoms. The lowest BCUT2D eigenvalue weighted by molar-refractivity contribution is 0.463. The molecular formula is C16H21N3O. The monoisotopic (exact) mass is 271 g/mol. The second kappa shape index (κ2) is 7.01. The van der Waals surface area contributed by atoms with E-state index in [0.717, 1.165) is 13.0 Å². The Kier molecular flexibility index (Phi) is 5.07. The number of aryl methyl sites for hydroxylation is 1. The minimum Gasteiger partial charge on any atom is -0.309 e. The highest BCUT2D eigenvalue weighted by Crippen LogP contribution is 2.15. The van der Waals surface area contributed by atoms with Gasteiger partial charge in [0.05, 0.1) is 12.4 Å². The third kappa shape index (κ3) is 3.54. The van der Waals surface area contributed by atoms with Gasteiger partial charge < -0.3 is 5.32 Å². The Hall–Kier alpha value is -1.94. The third-order valence-corrected chi connectivity index (χ3v) is 3.41. The van der Waals surface area contributed by atoms with Gasteiger partial charge in [0.15, 0.2) is 0 Å². The predicted molar refractivity (Wildman–Crippen MR) is 80.7 cm³/mol. The zero-order valence-corrected chi connectivity index (χ0v) is 12.0. The summed E-state index contributed by atoms with van der Waals surface area (Å²) >= 11 is 0. The van der Waals surface area contributed by atoms with Crippen molar-refractivity contribution in [1.82, 2.24) is 14.9 Å². The number of aromatic nitrogens is 2. The van der Waals surface area contributed by atoms with E-state index in [9.17, 15) is 4.79 Å². The summed E-state index contributed by atoms with van der Waals surface area (Å²) in [6.45, 7) is 5.66. The second-order valence-corrected chi connectivity index (χ2v) is 4.78. The lowest BCUT2D eigenvalue weighted by Crippen LogP contribution is -2.30. The van der Waals surface area contributed by atoms with E-state index in [1.807, 2.05) is 0 Å². The molecule has 4 heteroatoms. The van der Waals surface area contributed by atoms with Crippen LogP contribution in [0, 0.1) is 0 Å². The van der Waals surface area contributed by atoms with Gasteiger partial charge in [0.25, 0.3) is 5.56 Å². The van der Waals surface area contributed by atoms with Crippen LogP contribution in [0.5, 0.6) is 0 Å². The maximum atomic E-state index is 11.8. The van der Waals surface area contributed by atoms with Gasteiger partial charge in [-0.25, -0.2) is 4.98 Å². The lowest BCUT2D eigenvalue weighted by Gasteiger charge is -2.19. The van der Waals surface area contributed by atoms with E-state index in [1.54, 1.807) is 10.9 Å². The van der Waals surface area contributed by atoms with Gasteiger partial charge in [0.1, 0.15) is 0 Å². The Morgan fingerprint density at radius 2 is 1.95 bits per heavy atom. The van der Waals surface area contributed by atoms with Crippen molar-refractivity contribution in [2.24, 2.45) is 0 Å². The van der Waals surface area contributed by atoms with Crippen molar-refractivity contribution < 1.29 is 0 Å². The second-order valence-electron chi connectivity index (χ2n) is 4.78. The van der Waals surface area contributed by atoms with Gasteiger partial charge in [-0.05, 0) is 24.1 Å². The fourth-order valence-corrected chi connectivity index (χ4v) is 2.23. The molecule has 2 rings (SSSR count). The molecule has 0 radical (unpaired) electrons. The highest BCUT2D eigenvalue weighted by atomic mass is 16.1. The summed E-state index contributed by atoms with van der Waals surface area (Å²) in [7, 11) is 0. The summed E-state index contributed by atoms with van der Waals surface area (Å²) in [5.41, 5.74) is 2.50. The quantitative estimate of drug-likeness (QED) is 0.875. The molecule has 0 spiro atoms. The van der Waals surface area contributed by atoms with Crippen LogP contribution in [0.2, 0.25) is 0 Å². The fraction of sp³-hybridized carbons (Fsp3) is 0.375. The van der Waals surface area contributed by atoms with E-state index in [4.69, 9.17) is 0 Å².